The third-order valence-corrected chi connectivity index (χ3v) is 7.51. The maximum atomic E-state index is 14.0. The van der Waals surface area contributed by atoms with Gasteiger partial charge < -0.3 is 5.11 Å². The van der Waals surface area contributed by atoms with Crippen molar-refractivity contribution in [2.45, 2.75) is 16.1 Å². The highest BCUT2D eigenvalue weighted by atomic mass is 32.2. The van der Waals surface area contributed by atoms with Gasteiger partial charge in [0.05, 0.1) is 11.6 Å². The van der Waals surface area contributed by atoms with E-state index in [0.29, 0.717) is 26.8 Å². The highest BCUT2D eigenvalue weighted by Crippen LogP contribution is 2.43. The molecule has 2 aromatic carbocycles. The largest absolute Gasteiger partial charge is 0.507 e. The SMILES string of the molecule is O=C1C(=O)N(c2nnc(SCc3ccccc3F)s2)C(c2cccnc2)/C1=C(\O)c1ccccc1. The molecule has 4 aromatic rings. The number of Topliss-reactive ketones (excluding diaryl/α,β-unsaturated/α-hetero) is 1. The molecular weight excluding hydrogens is 487 g/mol. The van der Waals surface area contributed by atoms with Crippen molar-refractivity contribution in [2.24, 2.45) is 0 Å². The Morgan fingerprint density at radius 3 is 2.54 bits per heavy atom. The molecule has 5 rings (SSSR count). The predicted octanol–water partition coefficient (Wildman–Crippen LogP) is 4.99. The molecule has 1 aliphatic rings. The van der Waals surface area contributed by atoms with E-state index in [-0.39, 0.29) is 22.3 Å². The van der Waals surface area contributed by atoms with E-state index in [1.807, 2.05) is 0 Å². The quantitative estimate of drug-likeness (QED) is 0.130. The van der Waals surface area contributed by atoms with Gasteiger partial charge >= 0.3 is 5.91 Å². The van der Waals surface area contributed by atoms with E-state index in [1.54, 1.807) is 66.9 Å². The van der Waals surface area contributed by atoms with Crippen molar-refractivity contribution in [3.63, 3.8) is 0 Å². The highest BCUT2D eigenvalue weighted by Gasteiger charge is 2.48. The average Bonchev–Trinajstić information content (AvgIpc) is 3.46. The standard InChI is InChI=1S/C25H17FN4O3S2/c26-18-11-5-4-9-17(18)14-34-25-29-28-24(35-25)30-20(16-10-6-12-27-13-16)19(22(32)23(30)33)21(31)15-7-2-1-3-8-15/h1-13,20,31H,14H2/b21-19+. The lowest BCUT2D eigenvalue weighted by Gasteiger charge is -2.22. The lowest BCUT2D eigenvalue weighted by Crippen LogP contribution is -2.29. The van der Waals surface area contributed by atoms with Crippen LogP contribution >= 0.6 is 23.1 Å². The summed E-state index contributed by atoms with van der Waals surface area (Å²) in [6.45, 7) is 0. The fourth-order valence-corrected chi connectivity index (χ4v) is 5.60. The number of hydrogen-bond acceptors (Lipinski definition) is 8. The summed E-state index contributed by atoms with van der Waals surface area (Å²) in [5, 5.41) is 19.5. The van der Waals surface area contributed by atoms with Crippen LogP contribution in [0.25, 0.3) is 5.76 Å². The number of benzene rings is 2. The molecule has 7 nitrogen and oxygen atoms in total. The number of aliphatic hydroxyl groups is 1. The molecule has 0 aliphatic carbocycles. The van der Waals surface area contributed by atoms with Gasteiger partial charge in [0.25, 0.3) is 5.78 Å². The molecule has 0 bridgehead atoms. The van der Waals surface area contributed by atoms with E-state index in [1.165, 1.54) is 28.9 Å². The van der Waals surface area contributed by atoms with Gasteiger partial charge in [-0.3, -0.25) is 19.5 Å². The molecule has 1 saturated heterocycles. The summed E-state index contributed by atoms with van der Waals surface area (Å²) in [5.41, 5.74) is 1.43. The van der Waals surface area contributed by atoms with Gasteiger partial charge in [0, 0.05) is 23.7 Å². The van der Waals surface area contributed by atoms with Crippen molar-refractivity contribution in [3.8, 4) is 0 Å². The number of aromatic nitrogens is 3. The molecule has 0 radical (unpaired) electrons. The van der Waals surface area contributed by atoms with Gasteiger partial charge in [-0.05, 0) is 23.3 Å². The summed E-state index contributed by atoms with van der Waals surface area (Å²) in [6, 6.07) is 17.5. The molecule has 0 saturated carbocycles. The van der Waals surface area contributed by atoms with Gasteiger partial charge in [0.2, 0.25) is 5.13 Å². The first-order valence-corrected chi connectivity index (χ1v) is 12.3. The Bertz CT molecular complexity index is 1430. The average molecular weight is 505 g/mol. The van der Waals surface area contributed by atoms with E-state index >= 15 is 0 Å². The molecule has 10 heteroatoms. The van der Waals surface area contributed by atoms with Gasteiger partial charge in [-0.25, -0.2) is 4.39 Å². The first-order valence-electron chi connectivity index (χ1n) is 10.5. The summed E-state index contributed by atoms with van der Waals surface area (Å²) in [7, 11) is 0. The van der Waals surface area contributed by atoms with Crippen molar-refractivity contribution < 1.29 is 19.1 Å². The Morgan fingerprint density at radius 1 is 1.03 bits per heavy atom. The summed E-state index contributed by atoms with van der Waals surface area (Å²) in [6.07, 6.45) is 3.12. The summed E-state index contributed by atoms with van der Waals surface area (Å²) in [4.78, 5) is 31.6. The maximum absolute atomic E-state index is 14.0. The third kappa shape index (κ3) is 4.45. The zero-order chi connectivity index (χ0) is 24.4. The number of thioether (sulfide) groups is 1. The molecule has 1 amide bonds. The van der Waals surface area contributed by atoms with E-state index in [0.717, 1.165) is 11.3 Å². The number of aliphatic hydroxyl groups excluding tert-OH is 1. The van der Waals surface area contributed by atoms with Crippen LogP contribution in [0.15, 0.2) is 89.0 Å². The van der Waals surface area contributed by atoms with Crippen LogP contribution in [0.2, 0.25) is 0 Å². The van der Waals surface area contributed by atoms with E-state index in [4.69, 9.17) is 0 Å². The first kappa shape index (κ1) is 22.9. The lowest BCUT2D eigenvalue weighted by atomic mass is 9.96. The molecule has 35 heavy (non-hydrogen) atoms. The van der Waals surface area contributed by atoms with E-state index < -0.39 is 17.7 Å². The number of carbonyl (C=O) groups is 2. The van der Waals surface area contributed by atoms with E-state index in [2.05, 4.69) is 15.2 Å². The molecule has 1 fully saturated rings. The fraction of sp³-hybridized carbons (Fsp3) is 0.0800. The second-order valence-corrected chi connectivity index (χ2v) is 9.73. The second-order valence-electron chi connectivity index (χ2n) is 7.55. The molecule has 1 N–H and O–H groups in total. The van der Waals surface area contributed by atoms with Crippen LogP contribution in [0.5, 0.6) is 0 Å². The molecule has 2 aromatic heterocycles. The van der Waals surface area contributed by atoms with Gasteiger partial charge in [-0.15, -0.1) is 10.2 Å². The van der Waals surface area contributed by atoms with Gasteiger partial charge in [-0.2, -0.15) is 0 Å². The maximum Gasteiger partial charge on any atom is 0.301 e. The molecule has 1 atom stereocenters. The minimum absolute atomic E-state index is 0.0510. The number of anilines is 1. The smallest absolute Gasteiger partial charge is 0.301 e. The van der Waals surface area contributed by atoms with Crippen molar-refractivity contribution in [1.82, 2.24) is 15.2 Å². The Kier molecular flexibility index (Phi) is 6.39. The fourth-order valence-electron chi connectivity index (χ4n) is 3.75. The van der Waals surface area contributed by atoms with Crippen LogP contribution in [0.4, 0.5) is 9.52 Å². The van der Waals surface area contributed by atoms with E-state index in [9.17, 15) is 19.1 Å². The summed E-state index contributed by atoms with van der Waals surface area (Å²) < 4.78 is 14.5. The zero-order valence-electron chi connectivity index (χ0n) is 18.0. The highest BCUT2D eigenvalue weighted by molar-refractivity contribution is 8.00. The van der Waals surface area contributed by atoms with Crippen molar-refractivity contribution >= 4 is 45.7 Å². The zero-order valence-corrected chi connectivity index (χ0v) is 19.7. The molecular formula is C25H17FN4O3S2. The molecule has 174 valence electrons. The van der Waals surface area contributed by atoms with Crippen LogP contribution < -0.4 is 4.90 Å². The number of carbonyl (C=O) groups excluding carboxylic acids is 2. The number of nitrogens with zero attached hydrogens (tertiary/aromatic N) is 4. The minimum atomic E-state index is -0.929. The Hall–Kier alpha value is -3.89. The van der Waals surface area contributed by atoms with Crippen LogP contribution in [0.3, 0.4) is 0 Å². The van der Waals surface area contributed by atoms with Crippen LogP contribution in [-0.4, -0.2) is 32.0 Å². The van der Waals surface area contributed by atoms with Crippen LogP contribution in [-0.2, 0) is 15.3 Å². The number of ketones is 1. The van der Waals surface area contributed by atoms with Crippen molar-refractivity contribution in [3.05, 3.63) is 107 Å². The van der Waals surface area contributed by atoms with Crippen LogP contribution in [0.1, 0.15) is 22.7 Å². The molecule has 1 unspecified atom stereocenters. The minimum Gasteiger partial charge on any atom is -0.507 e. The Labute approximate surface area is 208 Å². The normalized spacial score (nSPS) is 17.2. The summed E-state index contributed by atoms with van der Waals surface area (Å²) >= 11 is 2.39. The van der Waals surface area contributed by atoms with Gasteiger partial charge in [0.1, 0.15) is 11.6 Å². The number of rotatable bonds is 6. The number of hydrogen-bond donors (Lipinski definition) is 1. The third-order valence-electron chi connectivity index (χ3n) is 5.40. The van der Waals surface area contributed by atoms with Crippen molar-refractivity contribution in [2.75, 3.05) is 4.90 Å². The second kappa shape index (κ2) is 9.77. The predicted molar refractivity (Wildman–Crippen MR) is 131 cm³/mol. The van der Waals surface area contributed by atoms with Gasteiger partial charge in [0.15, 0.2) is 4.34 Å². The molecule has 3 heterocycles. The molecule has 0 spiro atoms. The number of halogens is 1. The lowest BCUT2D eigenvalue weighted by molar-refractivity contribution is -0.132. The first-order chi connectivity index (χ1) is 17.0. The van der Waals surface area contributed by atoms with Gasteiger partial charge in [-0.1, -0.05) is 77.7 Å². The number of amides is 1. The van der Waals surface area contributed by atoms with Crippen LogP contribution in [0, 0.1) is 5.82 Å². The summed E-state index contributed by atoms with van der Waals surface area (Å²) in [5.74, 6) is -1.90. The Balaban J connectivity index is 1.52. The van der Waals surface area contributed by atoms with Crippen molar-refractivity contribution in [1.29, 1.82) is 0 Å². The number of pyridine rings is 1. The Morgan fingerprint density at radius 2 is 1.80 bits per heavy atom. The molecule has 1 aliphatic heterocycles. The monoisotopic (exact) mass is 504 g/mol. The topological polar surface area (TPSA) is 96.3 Å².